The Kier molecular flexibility index (Phi) is 4.81. The van der Waals surface area contributed by atoms with Crippen LogP contribution in [-0.2, 0) is 0 Å². The van der Waals surface area contributed by atoms with Crippen LogP contribution in [-0.4, -0.2) is 28.0 Å². The van der Waals surface area contributed by atoms with Gasteiger partial charge in [-0.1, -0.05) is 34.1 Å². The fraction of sp³-hybridized carbons (Fsp3) is 0.0385. The summed E-state index contributed by atoms with van der Waals surface area (Å²) in [7, 11) is 1.61. The number of rotatable bonds is 4. The smallest absolute Gasteiger partial charge is 0.282 e. The summed E-state index contributed by atoms with van der Waals surface area (Å²) in [5, 5.41) is 6.80. The molecule has 0 saturated heterocycles. The standard InChI is InChI=1S/C26H17BrN4O3/c1-33-22-7-4-8-23-19(22)12-24(34-23)25-30-21-6-3-2-5-17(21)26(32)31(25)29-14-15-13-28-20-10-9-16(27)11-18(15)20/h2-14,28H,1H3. The molecule has 1 N–H and O–H groups in total. The lowest BCUT2D eigenvalue weighted by Crippen LogP contribution is -2.20. The van der Waals surface area contributed by atoms with Crippen LogP contribution in [0.15, 0.2) is 91.7 Å². The second-order valence-corrected chi connectivity index (χ2v) is 8.65. The Bertz CT molecular complexity index is 1800. The summed E-state index contributed by atoms with van der Waals surface area (Å²) in [6, 6.07) is 20.5. The van der Waals surface area contributed by atoms with Gasteiger partial charge < -0.3 is 14.1 Å². The van der Waals surface area contributed by atoms with E-state index in [-0.39, 0.29) is 5.56 Å². The average molecular weight is 513 g/mol. The SMILES string of the molecule is COc1cccc2oc(-c3nc4ccccc4c(=O)n3N=Cc3c[nH]c4ccc(Br)cc34)cc12. The molecule has 0 bridgehead atoms. The second kappa shape index (κ2) is 8.00. The number of benzene rings is 3. The lowest BCUT2D eigenvalue weighted by molar-refractivity contribution is 0.419. The Labute approximate surface area is 201 Å². The highest BCUT2D eigenvalue weighted by Crippen LogP contribution is 2.33. The maximum atomic E-state index is 13.5. The summed E-state index contributed by atoms with van der Waals surface area (Å²) in [5.74, 6) is 1.40. The van der Waals surface area contributed by atoms with Crippen molar-refractivity contribution in [3.8, 4) is 17.3 Å². The minimum absolute atomic E-state index is 0.287. The zero-order valence-corrected chi connectivity index (χ0v) is 19.5. The van der Waals surface area contributed by atoms with Crippen molar-refractivity contribution in [2.45, 2.75) is 0 Å². The number of ether oxygens (including phenoxy) is 1. The van der Waals surface area contributed by atoms with E-state index in [1.165, 1.54) is 4.68 Å². The topological polar surface area (TPSA) is 85.4 Å². The van der Waals surface area contributed by atoms with Gasteiger partial charge in [-0.05, 0) is 48.5 Å². The van der Waals surface area contributed by atoms with E-state index in [1.807, 2.05) is 60.8 Å². The predicted molar refractivity (Wildman–Crippen MR) is 137 cm³/mol. The number of aromatic amines is 1. The van der Waals surface area contributed by atoms with Crippen molar-refractivity contribution in [3.05, 3.63) is 93.3 Å². The highest BCUT2D eigenvalue weighted by Gasteiger charge is 2.18. The molecule has 6 rings (SSSR count). The summed E-state index contributed by atoms with van der Waals surface area (Å²) >= 11 is 3.51. The average Bonchev–Trinajstić information content (AvgIpc) is 3.47. The van der Waals surface area contributed by atoms with Gasteiger partial charge in [-0.15, -0.1) is 0 Å². The molecule has 0 fully saturated rings. The third-order valence-corrected chi connectivity index (χ3v) is 6.20. The predicted octanol–water partition coefficient (Wildman–Crippen LogP) is 5.94. The van der Waals surface area contributed by atoms with Crippen molar-refractivity contribution < 1.29 is 9.15 Å². The number of fused-ring (bicyclic) bond motifs is 3. The van der Waals surface area contributed by atoms with Gasteiger partial charge in [0.2, 0.25) is 5.82 Å². The van der Waals surface area contributed by atoms with Gasteiger partial charge in [-0.2, -0.15) is 9.78 Å². The third-order valence-electron chi connectivity index (χ3n) is 5.70. The van der Waals surface area contributed by atoms with E-state index >= 15 is 0 Å². The highest BCUT2D eigenvalue weighted by molar-refractivity contribution is 9.10. The number of furan rings is 1. The normalized spacial score (nSPS) is 11.8. The fourth-order valence-corrected chi connectivity index (χ4v) is 4.41. The second-order valence-electron chi connectivity index (χ2n) is 7.73. The number of halogens is 1. The van der Waals surface area contributed by atoms with Crippen molar-refractivity contribution in [2.24, 2.45) is 5.10 Å². The van der Waals surface area contributed by atoms with E-state index in [9.17, 15) is 4.79 Å². The molecule has 34 heavy (non-hydrogen) atoms. The van der Waals surface area contributed by atoms with Crippen molar-refractivity contribution in [2.75, 3.05) is 7.11 Å². The van der Waals surface area contributed by atoms with Crippen LogP contribution in [0.1, 0.15) is 5.56 Å². The lowest BCUT2D eigenvalue weighted by Gasteiger charge is -2.07. The van der Waals surface area contributed by atoms with Gasteiger partial charge in [0.05, 0.1) is 29.6 Å². The first kappa shape index (κ1) is 20.4. The fourth-order valence-electron chi connectivity index (χ4n) is 4.05. The Morgan fingerprint density at radius 3 is 2.82 bits per heavy atom. The number of methoxy groups -OCH3 is 1. The maximum absolute atomic E-state index is 13.5. The molecule has 0 saturated carbocycles. The molecule has 0 aliphatic rings. The van der Waals surface area contributed by atoms with Gasteiger partial charge in [0.15, 0.2) is 5.76 Å². The lowest BCUT2D eigenvalue weighted by atomic mass is 10.2. The van der Waals surface area contributed by atoms with Crippen LogP contribution in [0.25, 0.3) is 44.4 Å². The molecule has 0 aliphatic heterocycles. The first-order chi connectivity index (χ1) is 16.6. The number of hydrogen-bond donors (Lipinski definition) is 1. The van der Waals surface area contributed by atoms with E-state index in [0.717, 1.165) is 26.3 Å². The molecule has 0 amide bonds. The molecule has 7 nitrogen and oxygen atoms in total. The van der Waals surface area contributed by atoms with E-state index in [4.69, 9.17) is 14.1 Å². The van der Waals surface area contributed by atoms with Gasteiger partial charge in [-0.3, -0.25) is 4.79 Å². The number of aromatic nitrogens is 3. The van der Waals surface area contributed by atoms with Crippen LogP contribution >= 0.6 is 15.9 Å². The Hall–Kier alpha value is -4.17. The van der Waals surface area contributed by atoms with Crippen LogP contribution in [0.3, 0.4) is 0 Å². The number of hydrogen-bond acceptors (Lipinski definition) is 5. The Balaban J connectivity index is 1.58. The van der Waals surface area contributed by atoms with Crippen LogP contribution in [0.4, 0.5) is 0 Å². The van der Waals surface area contributed by atoms with Crippen LogP contribution in [0.2, 0.25) is 0 Å². The minimum atomic E-state index is -0.287. The molecule has 0 atom stereocenters. The van der Waals surface area contributed by atoms with E-state index in [0.29, 0.717) is 33.8 Å². The molecule has 166 valence electrons. The van der Waals surface area contributed by atoms with Crippen LogP contribution in [0.5, 0.6) is 5.75 Å². The van der Waals surface area contributed by atoms with Gasteiger partial charge in [-0.25, -0.2) is 4.98 Å². The maximum Gasteiger partial charge on any atom is 0.282 e. The third kappa shape index (κ3) is 3.31. The van der Waals surface area contributed by atoms with Crippen molar-refractivity contribution in [1.82, 2.24) is 14.6 Å². The molecule has 6 aromatic rings. The van der Waals surface area contributed by atoms with Crippen LogP contribution in [0, 0.1) is 0 Å². The monoisotopic (exact) mass is 512 g/mol. The molecule has 0 unspecified atom stereocenters. The number of nitrogens with one attached hydrogen (secondary N) is 1. The molecule has 0 radical (unpaired) electrons. The molecule has 3 aromatic heterocycles. The summed E-state index contributed by atoms with van der Waals surface area (Å²) in [6.07, 6.45) is 3.50. The van der Waals surface area contributed by atoms with Gasteiger partial charge in [0.25, 0.3) is 5.56 Å². The van der Waals surface area contributed by atoms with E-state index in [2.05, 4.69) is 26.0 Å². The van der Waals surface area contributed by atoms with E-state index < -0.39 is 0 Å². The molecule has 3 heterocycles. The first-order valence-corrected chi connectivity index (χ1v) is 11.3. The summed E-state index contributed by atoms with van der Waals surface area (Å²) in [6.45, 7) is 0. The van der Waals surface area contributed by atoms with Gasteiger partial charge >= 0.3 is 0 Å². The summed E-state index contributed by atoms with van der Waals surface area (Å²) < 4.78 is 13.8. The molecular formula is C26H17BrN4O3. The largest absolute Gasteiger partial charge is 0.496 e. The van der Waals surface area contributed by atoms with Crippen molar-refractivity contribution in [1.29, 1.82) is 0 Å². The van der Waals surface area contributed by atoms with Crippen molar-refractivity contribution >= 4 is 54.9 Å². The zero-order chi connectivity index (χ0) is 23.2. The highest BCUT2D eigenvalue weighted by atomic mass is 79.9. The van der Waals surface area contributed by atoms with Gasteiger partial charge in [0.1, 0.15) is 11.3 Å². The minimum Gasteiger partial charge on any atom is -0.496 e. The molecule has 0 spiro atoms. The molecule has 0 aliphatic carbocycles. The number of H-pyrrole nitrogens is 1. The number of nitrogens with zero attached hydrogens (tertiary/aromatic N) is 3. The zero-order valence-electron chi connectivity index (χ0n) is 17.9. The Morgan fingerprint density at radius 2 is 1.94 bits per heavy atom. The molecule has 8 heteroatoms. The number of para-hydroxylation sites is 1. The van der Waals surface area contributed by atoms with Gasteiger partial charge in [0, 0.05) is 27.1 Å². The van der Waals surface area contributed by atoms with Crippen LogP contribution < -0.4 is 10.3 Å². The summed E-state index contributed by atoms with van der Waals surface area (Å²) in [4.78, 5) is 21.4. The Morgan fingerprint density at radius 1 is 1.06 bits per heavy atom. The summed E-state index contributed by atoms with van der Waals surface area (Å²) in [5.41, 5.74) is 2.73. The molecular weight excluding hydrogens is 496 g/mol. The van der Waals surface area contributed by atoms with E-state index in [1.54, 1.807) is 25.5 Å². The molecule has 3 aromatic carbocycles. The first-order valence-electron chi connectivity index (χ1n) is 10.5. The quantitative estimate of drug-likeness (QED) is 0.296. The van der Waals surface area contributed by atoms with Crippen molar-refractivity contribution in [3.63, 3.8) is 0 Å².